The van der Waals surface area contributed by atoms with Crippen LogP contribution in [-0.4, -0.2) is 30.8 Å². The van der Waals surface area contributed by atoms with Crippen LogP contribution in [-0.2, 0) is 0 Å². The molecule has 1 aromatic carbocycles. The maximum absolute atomic E-state index is 10.5. The molecular formula is C15H13Cl2NO4. The van der Waals surface area contributed by atoms with Gasteiger partial charge in [-0.05, 0) is 31.0 Å². The quantitative estimate of drug-likeness (QED) is 0.601. The van der Waals surface area contributed by atoms with E-state index in [-0.39, 0.29) is 11.8 Å². The number of hydrogen-bond acceptors (Lipinski definition) is 4. The van der Waals surface area contributed by atoms with Crippen molar-refractivity contribution in [1.29, 1.82) is 0 Å². The molecule has 116 valence electrons. The number of aromatic hydroxyl groups is 2. The molecule has 1 aromatic heterocycles. The number of aliphatic hydroxyl groups is 2. The largest absolute Gasteiger partial charge is 0.494 e. The van der Waals surface area contributed by atoms with Gasteiger partial charge in [-0.1, -0.05) is 23.2 Å². The summed E-state index contributed by atoms with van der Waals surface area (Å²) in [6.45, 7) is 0. The van der Waals surface area contributed by atoms with Gasteiger partial charge in [-0.15, -0.1) is 0 Å². The third-order valence-electron chi connectivity index (χ3n) is 4.77. The molecule has 2 aliphatic rings. The fraction of sp³-hybridized carbons (Fsp3) is 0.333. The minimum atomic E-state index is -1.91. The predicted octanol–water partition coefficient (Wildman–Crippen LogP) is 2.85. The van der Waals surface area contributed by atoms with E-state index in [0.29, 0.717) is 39.7 Å². The summed E-state index contributed by atoms with van der Waals surface area (Å²) < 4.78 is 1.24. The minimum Gasteiger partial charge on any atom is -0.494 e. The Balaban J connectivity index is 1.96. The van der Waals surface area contributed by atoms with Crippen molar-refractivity contribution in [2.45, 2.75) is 30.5 Å². The molecule has 22 heavy (non-hydrogen) atoms. The third kappa shape index (κ3) is 1.62. The van der Waals surface area contributed by atoms with Crippen LogP contribution in [0.2, 0.25) is 10.0 Å². The standard InChI is InChI=1S/C15H13Cl2NO4/c16-6-3-7(17)5-8(4-6)18-13(19)11-9-1-2-10(15(9,21)22)12(11)14(18)20/h3-5,9-10,19-22H,1-2H2. The molecule has 2 aliphatic carbocycles. The first-order chi connectivity index (χ1) is 10.3. The topological polar surface area (TPSA) is 85.9 Å². The molecule has 2 aromatic rings. The molecule has 0 aliphatic heterocycles. The Bertz CT molecular complexity index is 742. The van der Waals surface area contributed by atoms with Gasteiger partial charge >= 0.3 is 0 Å². The van der Waals surface area contributed by atoms with Gasteiger partial charge in [0.05, 0.1) is 5.69 Å². The average Bonchev–Trinajstić information content (AvgIpc) is 2.94. The molecule has 2 unspecified atom stereocenters. The molecule has 0 saturated heterocycles. The Hall–Kier alpha value is -1.40. The van der Waals surface area contributed by atoms with Crippen molar-refractivity contribution in [2.24, 2.45) is 0 Å². The summed E-state index contributed by atoms with van der Waals surface area (Å²) in [4.78, 5) is 0. The van der Waals surface area contributed by atoms with Crippen molar-refractivity contribution >= 4 is 23.2 Å². The molecule has 7 heteroatoms. The summed E-state index contributed by atoms with van der Waals surface area (Å²) in [5.74, 6) is -3.52. The number of hydrogen-bond donors (Lipinski definition) is 4. The zero-order valence-corrected chi connectivity index (χ0v) is 12.8. The average molecular weight is 342 g/mol. The van der Waals surface area contributed by atoms with E-state index in [9.17, 15) is 20.4 Å². The highest BCUT2D eigenvalue weighted by Gasteiger charge is 2.60. The van der Waals surface area contributed by atoms with E-state index in [0.717, 1.165) is 0 Å². The normalized spacial score (nSPS) is 24.7. The van der Waals surface area contributed by atoms with Crippen molar-refractivity contribution in [2.75, 3.05) is 0 Å². The highest BCUT2D eigenvalue weighted by molar-refractivity contribution is 6.34. The predicted molar refractivity (Wildman–Crippen MR) is 81.0 cm³/mol. The number of rotatable bonds is 1. The lowest BCUT2D eigenvalue weighted by molar-refractivity contribution is -0.170. The lowest BCUT2D eigenvalue weighted by atomic mass is 9.95. The lowest BCUT2D eigenvalue weighted by Crippen LogP contribution is -2.31. The third-order valence-corrected chi connectivity index (χ3v) is 5.20. The summed E-state index contributed by atoms with van der Waals surface area (Å²) in [5, 5.41) is 42.1. The van der Waals surface area contributed by atoms with E-state index in [1.165, 1.54) is 4.57 Å². The van der Waals surface area contributed by atoms with Gasteiger partial charge in [-0.3, -0.25) is 4.57 Å². The summed E-state index contributed by atoms with van der Waals surface area (Å²) in [5.41, 5.74) is 1.22. The van der Waals surface area contributed by atoms with Crippen LogP contribution < -0.4 is 0 Å². The molecule has 1 saturated carbocycles. The summed E-state index contributed by atoms with van der Waals surface area (Å²) in [7, 11) is 0. The second kappa shape index (κ2) is 4.32. The smallest absolute Gasteiger partial charge is 0.202 e. The number of halogens is 2. The monoisotopic (exact) mass is 341 g/mol. The molecule has 2 bridgehead atoms. The van der Waals surface area contributed by atoms with Crippen molar-refractivity contribution < 1.29 is 20.4 Å². The lowest BCUT2D eigenvalue weighted by Gasteiger charge is -2.22. The molecule has 1 fully saturated rings. The molecule has 4 rings (SSSR count). The molecule has 0 radical (unpaired) electrons. The van der Waals surface area contributed by atoms with Crippen molar-refractivity contribution in [1.82, 2.24) is 4.57 Å². The van der Waals surface area contributed by atoms with Gasteiger partial charge in [0, 0.05) is 33.0 Å². The Morgan fingerprint density at radius 2 is 1.36 bits per heavy atom. The molecule has 2 atom stereocenters. The SMILES string of the molecule is Oc1c2c(c(O)n1-c1cc(Cl)cc(Cl)c1)C1CCC2C1(O)O. The number of nitrogens with zero attached hydrogens (tertiary/aromatic N) is 1. The number of benzene rings is 1. The molecule has 0 amide bonds. The van der Waals surface area contributed by atoms with Crippen LogP contribution in [0.4, 0.5) is 0 Å². The van der Waals surface area contributed by atoms with Crippen LogP contribution in [0.5, 0.6) is 11.8 Å². The molecule has 4 N–H and O–H groups in total. The van der Waals surface area contributed by atoms with Gasteiger partial charge in [0.15, 0.2) is 5.79 Å². The Morgan fingerprint density at radius 1 is 0.909 bits per heavy atom. The van der Waals surface area contributed by atoms with Crippen LogP contribution in [0.3, 0.4) is 0 Å². The van der Waals surface area contributed by atoms with Crippen LogP contribution in [0, 0.1) is 0 Å². The molecule has 1 heterocycles. The van der Waals surface area contributed by atoms with E-state index < -0.39 is 17.6 Å². The second-order valence-electron chi connectivity index (χ2n) is 5.90. The highest BCUT2D eigenvalue weighted by atomic mass is 35.5. The van der Waals surface area contributed by atoms with Crippen LogP contribution in [0.1, 0.15) is 35.8 Å². The van der Waals surface area contributed by atoms with E-state index in [1.807, 2.05) is 0 Å². The van der Waals surface area contributed by atoms with Crippen LogP contribution >= 0.6 is 23.2 Å². The Kier molecular flexibility index (Phi) is 2.79. The highest BCUT2D eigenvalue weighted by Crippen LogP contribution is 2.64. The summed E-state index contributed by atoms with van der Waals surface area (Å²) in [6, 6.07) is 4.68. The maximum Gasteiger partial charge on any atom is 0.202 e. The molecular weight excluding hydrogens is 329 g/mol. The first-order valence-electron chi connectivity index (χ1n) is 6.90. The molecule has 0 spiro atoms. The first kappa shape index (κ1) is 14.2. The fourth-order valence-electron chi connectivity index (χ4n) is 3.90. The number of fused-ring (bicyclic) bond motifs is 5. The van der Waals surface area contributed by atoms with Gasteiger partial charge in [0.1, 0.15) is 0 Å². The van der Waals surface area contributed by atoms with Gasteiger partial charge in [0.25, 0.3) is 0 Å². The van der Waals surface area contributed by atoms with Gasteiger partial charge in [-0.2, -0.15) is 0 Å². The van der Waals surface area contributed by atoms with Gasteiger partial charge < -0.3 is 20.4 Å². The zero-order valence-electron chi connectivity index (χ0n) is 11.3. The van der Waals surface area contributed by atoms with Crippen molar-refractivity contribution in [3.8, 4) is 17.4 Å². The maximum atomic E-state index is 10.5. The van der Waals surface area contributed by atoms with E-state index in [1.54, 1.807) is 18.2 Å². The van der Waals surface area contributed by atoms with E-state index >= 15 is 0 Å². The first-order valence-corrected chi connectivity index (χ1v) is 7.65. The summed E-state index contributed by atoms with van der Waals surface area (Å²) in [6.07, 6.45) is 1.11. The number of aromatic nitrogens is 1. The van der Waals surface area contributed by atoms with Gasteiger partial charge in [0.2, 0.25) is 11.8 Å². The second-order valence-corrected chi connectivity index (χ2v) is 6.78. The minimum absolute atomic E-state index is 0.203. The van der Waals surface area contributed by atoms with Gasteiger partial charge in [-0.25, -0.2) is 0 Å². The Morgan fingerprint density at radius 3 is 1.82 bits per heavy atom. The fourth-order valence-corrected chi connectivity index (χ4v) is 4.41. The van der Waals surface area contributed by atoms with Crippen molar-refractivity contribution in [3.63, 3.8) is 0 Å². The van der Waals surface area contributed by atoms with Crippen LogP contribution in [0.25, 0.3) is 5.69 Å². The van der Waals surface area contributed by atoms with Crippen LogP contribution in [0.15, 0.2) is 18.2 Å². The molecule has 5 nitrogen and oxygen atoms in total. The Labute approximate surface area is 136 Å². The zero-order chi connectivity index (χ0) is 15.8. The van der Waals surface area contributed by atoms with Crippen molar-refractivity contribution in [3.05, 3.63) is 39.4 Å². The van der Waals surface area contributed by atoms with E-state index in [4.69, 9.17) is 23.2 Å². The summed E-state index contributed by atoms with van der Waals surface area (Å²) >= 11 is 11.9. The van der Waals surface area contributed by atoms with E-state index in [2.05, 4.69) is 0 Å².